The fraction of sp³-hybridized carbons (Fsp3) is 0.558. The number of nitrogen functional groups attached to an aromatic ring is 1. The zero-order valence-corrected chi connectivity index (χ0v) is 34.6. The molecule has 0 bridgehead atoms. The number of piperazine rings is 1. The van der Waals surface area contributed by atoms with Gasteiger partial charge in [0.05, 0.1) is 10.9 Å². The number of hydrogen-bond donors (Lipinski definition) is 2. The molecule has 2 aliphatic carbocycles. The highest BCUT2D eigenvalue weighted by Gasteiger charge is 2.37. The van der Waals surface area contributed by atoms with Gasteiger partial charge in [0.15, 0.2) is 28.9 Å². The van der Waals surface area contributed by atoms with Gasteiger partial charge in [-0.3, -0.25) is 4.90 Å². The van der Waals surface area contributed by atoms with Crippen LogP contribution in [-0.4, -0.2) is 110 Å². The van der Waals surface area contributed by atoms with Crippen LogP contribution in [0, 0.1) is 17.6 Å². The van der Waals surface area contributed by atoms with Gasteiger partial charge >= 0.3 is 6.09 Å². The van der Waals surface area contributed by atoms with E-state index in [-0.39, 0.29) is 35.8 Å². The van der Waals surface area contributed by atoms with Gasteiger partial charge in [-0.15, -0.1) is 0 Å². The molecule has 60 heavy (non-hydrogen) atoms. The molecule has 0 spiro atoms. The summed E-state index contributed by atoms with van der Waals surface area (Å²) in [6, 6.07) is 2.73. The van der Waals surface area contributed by atoms with E-state index in [9.17, 15) is 13.6 Å². The van der Waals surface area contributed by atoms with Gasteiger partial charge in [0.25, 0.3) is 0 Å². The second-order valence-electron chi connectivity index (χ2n) is 17.2. The van der Waals surface area contributed by atoms with E-state index in [1.54, 1.807) is 7.05 Å². The lowest BCUT2D eigenvalue weighted by Gasteiger charge is -2.37. The number of likely N-dealkylation sites (tertiary alicyclic amines) is 1. The van der Waals surface area contributed by atoms with Gasteiger partial charge in [0.1, 0.15) is 35.3 Å². The van der Waals surface area contributed by atoms with Crippen LogP contribution in [-0.2, 0) is 4.74 Å². The van der Waals surface area contributed by atoms with Crippen LogP contribution in [0.25, 0.3) is 33.8 Å². The van der Waals surface area contributed by atoms with E-state index < -0.39 is 11.6 Å². The van der Waals surface area contributed by atoms with Crippen molar-refractivity contribution < 1.29 is 22.8 Å². The number of carbonyl (C=O) groups is 1. The van der Waals surface area contributed by atoms with Crippen LogP contribution >= 0.6 is 0 Å². The topological polar surface area (TPSA) is 169 Å². The minimum absolute atomic E-state index is 0.0354. The first-order chi connectivity index (χ1) is 29.1. The van der Waals surface area contributed by atoms with Gasteiger partial charge in [0, 0.05) is 76.4 Å². The highest BCUT2D eigenvalue weighted by molar-refractivity contribution is 6.00. The zero-order valence-electron chi connectivity index (χ0n) is 34.6. The van der Waals surface area contributed by atoms with Gasteiger partial charge < -0.3 is 30.1 Å². The number of benzene rings is 1. The van der Waals surface area contributed by atoms with Crippen molar-refractivity contribution >= 4 is 34.3 Å². The Morgan fingerprint density at radius 2 is 1.60 bits per heavy atom. The summed E-state index contributed by atoms with van der Waals surface area (Å²) < 4.78 is 43.1. The van der Waals surface area contributed by atoms with Crippen LogP contribution < -0.4 is 16.0 Å². The second kappa shape index (κ2) is 16.9. The SMILES string of the molecule is CNc1cc(F)c(N2CCN(CCC3CCC(OC(=O)N4CCC(c5cnc(-c6c(-c7nn(C(C)C)c8ncnc(N)c78)noc6C6CC6)nc5)CC4)CC3)CC2)c(F)c1. The number of rotatable bonds is 11. The van der Waals surface area contributed by atoms with E-state index in [0.29, 0.717) is 71.8 Å². The molecular weight excluding hydrogens is 771 g/mol. The maximum absolute atomic E-state index is 14.7. The number of amides is 1. The fourth-order valence-corrected chi connectivity index (χ4v) is 9.23. The first-order valence-corrected chi connectivity index (χ1v) is 21.6. The van der Waals surface area contributed by atoms with Crippen molar-refractivity contribution in [2.24, 2.45) is 5.92 Å². The van der Waals surface area contributed by atoms with Gasteiger partial charge in [0.2, 0.25) is 0 Å². The molecule has 2 saturated heterocycles. The molecule has 3 N–H and O–H groups in total. The van der Waals surface area contributed by atoms with Crippen molar-refractivity contribution in [3.63, 3.8) is 0 Å². The Labute approximate surface area is 348 Å². The monoisotopic (exact) mass is 824 g/mol. The Balaban J connectivity index is 0.746. The Kier molecular flexibility index (Phi) is 11.3. The molecule has 5 aromatic rings. The first-order valence-electron chi connectivity index (χ1n) is 21.6. The fourth-order valence-electron chi connectivity index (χ4n) is 9.23. The third kappa shape index (κ3) is 8.07. The highest BCUT2D eigenvalue weighted by Crippen LogP contribution is 2.48. The Morgan fingerprint density at radius 3 is 2.25 bits per heavy atom. The van der Waals surface area contributed by atoms with Crippen LogP contribution in [0.3, 0.4) is 0 Å². The quantitative estimate of drug-likeness (QED) is 0.135. The van der Waals surface area contributed by atoms with Crippen molar-refractivity contribution in [2.45, 2.75) is 95.6 Å². The molecular formula is C43H54F2N12O3. The molecule has 9 rings (SSSR count). The van der Waals surface area contributed by atoms with Crippen LogP contribution in [0.1, 0.15) is 101 Å². The van der Waals surface area contributed by atoms with E-state index in [0.717, 1.165) is 94.3 Å². The lowest BCUT2D eigenvalue weighted by Crippen LogP contribution is -2.47. The van der Waals surface area contributed by atoms with Crippen molar-refractivity contribution in [3.05, 3.63) is 53.8 Å². The molecule has 1 amide bonds. The average Bonchev–Trinajstić information content (AvgIpc) is 3.89. The van der Waals surface area contributed by atoms with Crippen LogP contribution in [0.5, 0.6) is 0 Å². The molecule has 0 radical (unpaired) electrons. The Morgan fingerprint density at radius 1 is 0.900 bits per heavy atom. The molecule has 0 atom stereocenters. The number of halogens is 2. The molecule has 0 unspecified atom stereocenters. The number of nitrogens with two attached hydrogens (primary N) is 1. The number of piperidine rings is 1. The van der Waals surface area contributed by atoms with Crippen LogP contribution in [0.15, 0.2) is 35.4 Å². The molecule has 4 aliphatic rings. The predicted molar refractivity (Wildman–Crippen MR) is 224 cm³/mol. The summed E-state index contributed by atoms with van der Waals surface area (Å²) in [6.45, 7) is 9.00. The summed E-state index contributed by atoms with van der Waals surface area (Å²) in [5.41, 5.74) is 10.4. The minimum Gasteiger partial charge on any atom is -0.446 e. The molecule has 2 saturated carbocycles. The van der Waals surface area contributed by atoms with Gasteiger partial charge in [-0.1, -0.05) is 5.16 Å². The maximum Gasteiger partial charge on any atom is 0.410 e. The number of fused-ring (bicyclic) bond motifs is 1. The predicted octanol–water partition coefficient (Wildman–Crippen LogP) is 7.39. The summed E-state index contributed by atoms with van der Waals surface area (Å²) in [5, 5.41) is 12.8. The average molecular weight is 825 g/mol. The molecule has 1 aromatic carbocycles. The lowest BCUT2D eigenvalue weighted by molar-refractivity contribution is 0.0315. The highest BCUT2D eigenvalue weighted by atomic mass is 19.1. The van der Waals surface area contributed by atoms with E-state index in [2.05, 4.69) is 25.3 Å². The summed E-state index contributed by atoms with van der Waals surface area (Å²) in [4.78, 5) is 37.7. The largest absolute Gasteiger partial charge is 0.446 e. The van der Waals surface area contributed by atoms with E-state index in [1.807, 2.05) is 40.7 Å². The molecule has 4 aromatic heterocycles. The van der Waals surface area contributed by atoms with Crippen LogP contribution in [0.2, 0.25) is 0 Å². The van der Waals surface area contributed by atoms with Gasteiger partial charge in [-0.2, -0.15) is 5.10 Å². The third-order valence-corrected chi connectivity index (χ3v) is 12.9. The van der Waals surface area contributed by atoms with E-state index >= 15 is 0 Å². The summed E-state index contributed by atoms with van der Waals surface area (Å²) in [7, 11) is 1.65. The molecule has 15 nitrogen and oxygen atoms in total. The third-order valence-electron chi connectivity index (χ3n) is 12.9. The summed E-state index contributed by atoms with van der Waals surface area (Å²) >= 11 is 0. The molecule has 2 aliphatic heterocycles. The van der Waals surface area contributed by atoms with Gasteiger partial charge in [-0.05, 0) is 108 Å². The first kappa shape index (κ1) is 40.0. The van der Waals surface area contributed by atoms with Crippen molar-refractivity contribution in [3.8, 4) is 22.8 Å². The molecule has 318 valence electrons. The van der Waals surface area contributed by atoms with E-state index in [4.69, 9.17) is 30.1 Å². The molecule has 17 heteroatoms. The van der Waals surface area contributed by atoms with Crippen molar-refractivity contribution in [2.75, 3.05) is 68.8 Å². The lowest BCUT2D eigenvalue weighted by atomic mass is 9.85. The summed E-state index contributed by atoms with van der Waals surface area (Å²) in [6.07, 6.45) is 13.5. The van der Waals surface area contributed by atoms with Gasteiger partial charge in [-0.25, -0.2) is 38.2 Å². The number of ether oxygens (including phenoxy) is 1. The summed E-state index contributed by atoms with van der Waals surface area (Å²) in [5.74, 6) is 1.61. The smallest absolute Gasteiger partial charge is 0.410 e. The van der Waals surface area contributed by atoms with Crippen molar-refractivity contribution in [1.29, 1.82) is 0 Å². The van der Waals surface area contributed by atoms with Crippen molar-refractivity contribution in [1.82, 2.24) is 44.7 Å². The minimum atomic E-state index is -0.530. The van der Waals surface area contributed by atoms with E-state index in [1.165, 1.54) is 18.5 Å². The zero-order chi connectivity index (χ0) is 41.5. The number of hydrogen-bond acceptors (Lipinski definition) is 13. The number of nitrogens with zero attached hydrogens (tertiary/aromatic N) is 10. The normalized spacial score (nSPS) is 20.6. The Hall–Kier alpha value is -5.45. The standard InChI is InChI=1S/C43H54F2N12O3/c1-25(2)57-42-35(40(46)50-24-51-42)36(52-57)37-34(39(60-53-37)28-6-7-28)41-48-22-29(23-49-41)27-11-14-56(15-12-27)43(58)59-31-8-4-26(5-9-31)10-13-54-16-18-55(19-17-54)38-32(44)20-30(47-3)21-33(38)45/h20-28,31,47H,4-19H2,1-3H3,(H2,46,50,51). The van der Waals surface area contributed by atoms with Crippen LogP contribution in [0.4, 0.5) is 30.8 Å². The number of aromatic nitrogens is 7. The maximum atomic E-state index is 14.7. The molecule has 6 heterocycles. The Bertz CT molecular complexity index is 2280. The molecule has 4 fully saturated rings. The second-order valence-corrected chi connectivity index (χ2v) is 17.2. The number of nitrogens with one attached hydrogen (secondary N) is 1. The number of anilines is 3. The number of carbonyl (C=O) groups excluding carboxylic acids is 1.